The summed E-state index contributed by atoms with van der Waals surface area (Å²) < 4.78 is 16.4. The van der Waals surface area contributed by atoms with Gasteiger partial charge in [-0.3, -0.25) is 5.32 Å². The number of nitriles is 1. The second-order valence-corrected chi connectivity index (χ2v) is 7.05. The van der Waals surface area contributed by atoms with Crippen molar-refractivity contribution in [2.45, 2.75) is 0 Å². The van der Waals surface area contributed by atoms with Crippen LogP contribution in [-0.4, -0.2) is 25.7 Å². The van der Waals surface area contributed by atoms with Crippen molar-refractivity contribution in [2.75, 3.05) is 5.32 Å². The van der Waals surface area contributed by atoms with Crippen molar-refractivity contribution in [1.82, 2.24) is 14.5 Å². The van der Waals surface area contributed by atoms with Crippen LogP contribution in [0.15, 0.2) is 73.1 Å². The van der Waals surface area contributed by atoms with Crippen LogP contribution in [0.25, 0.3) is 38.6 Å². The quantitative estimate of drug-likeness (QED) is 0.408. The van der Waals surface area contributed by atoms with Crippen LogP contribution in [0, 0.1) is 17.1 Å². The Labute approximate surface area is 181 Å². The summed E-state index contributed by atoms with van der Waals surface area (Å²) in [4.78, 5) is 19.0. The topological polar surface area (TPSA) is 104 Å². The normalized spacial score (nSPS) is 10.9. The minimum atomic E-state index is -1.24. The third-order valence-electron chi connectivity index (χ3n) is 5.21. The third kappa shape index (κ3) is 3.09. The molecule has 7 nitrogen and oxygen atoms in total. The van der Waals surface area contributed by atoms with Crippen molar-refractivity contribution in [2.24, 2.45) is 0 Å². The van der Waals surface area contributed by atoms with Crippen molar-refractivity contribution in [3.05, 3.63) is 84.4 Å². The molecule has 0 spiro atoms. The number of aromatic nitrogens is 3. The van der Waals surface area contributed by atoms with Gasteiger partial charge in [-0.05, 0) is 35.9 Å². The summed E-state index contributed by atoms with van der Waals surface area (Å²) in [7, 11) is 0. The van der Waals surface area contributed by atoms with Gasteiger partial charge in [0.05, 0.1) is 16.6 Å². The molecule has 0 saturated carbocycles. The number of rotatable bonds is 3. The van der Waals surface area contributed by atoms with Crippen LogP contribution in [0.3, 0.4) is 0 Å². The fourth-order valence-electron chi connectivity index (χ4n) is 3.90. The number of hydrogen-bond acceptors (Lipinski definition) is 4. The third-order valence-corrected chi connectivity index (χ3v) is 5.21. The van der Waals surface area contributed by atoms with Gasteiger partial charge in [0.1, 0.15) is 11.9 Å². The van der Waals surface area contributed by atoms with Crippen LogP contribution in [-0.2, 0) is 0 Å². The molecule has 154 valence electrons. The molecule has 0 unspecified atom stereocenters. The summed E-state index contributed by atoms with van der Waals surface area (Å²) >= 11 is 0. The van der Waals surface area contributed by atoms with E-state index in [1.165, 1.54) is 12.1 Å². The summed E-state index contributed by atoms with van der Waals surface area (Å²) in [5.74, 6) is -0.592. The van der Waals surface area contributed by atoms with Gasteiger partial charge in [0.25, 0.3) is 0 Å². The van der Waals surface area contributed by atoms with Gasteiger partial charge in [-0.15, -0.1) is 0 Å². The molecule has 1 amide bonds. The molecule has 2 heterocycles. The van der Waals surface area contributed by atoms with Crippen molar-refractivity contribution in [3.8, 4) is 22.9 Å². The van der Waals surface area contributed by atoms with Crippen molar-refractivity contribution >= 4 is 33.8 Å². The van der Waals surface area contributed by atoms with E-state index < -0.39 is 11.9 Å². The first-order valence-electron chi connectivity index (χ1n) is 9.61. The summed E-state index contributed by atoms with van der Waals surface area (Å²) in [6, 6.07) is 19.9. The first-order valence-corrected chi connectivity index (χ1v) is 9.61. The summed E-state index contributed by atoms with van der Waals surface area (Å²) in [6.07, 6.45) is 1.87. The van der Waals surface area contributed by atoms with Crippen LogP contribution in [0.4, 0.5) is 15.1 Å². The molecule has 0 bridgehead atoms. The van der Waals surface area contributed by atoms with Crippen molar-refractivity contribution < 1.29 is 14.3 Å². The molecule has 2 aromatic heterocycles. The van der Waals surface area contributed by atoms with Gasteiger partial charge in [0.2, 0.25) is 5.95 Å². The number of anilines is 1. The number of amides is 1. The van der Waals surface area contributed by atoms with E-state index in [0.29, 0.717) is 11.3 Å². The summed E-state index contributed by atoms with van der Waals surface area (Å²) in [6.45, 7) is 0. The number of hydrogen-bond donors (Lipinski definition) is 2. The molecule has 0 atom stereocenters. The number of fused-ring (bicyclic) bond motifs is 3. The van der Waals surface area contributed by atoms with E-state index in [0.717, 1.165) is 27.4 Å². The first-order chi connectivity index (χ1) is 15.6. The molecule has 32 heavy (non-hydrogen) atoms. The van der Waals surface area contributed by atoms with Crippen LogP contribution < -0.4 is 5.32 Å². The lowest BCUT2D eigenvalue weighted by molar-refractivity contribution is 0.209. The lowest BCUT2D eigenvalue weighted by atomic mass is 10.0. The Bertz CT molecular complexity index is 1550. The molecule has 0 fully saturated rings. The lowest BCUT2D eigenvalue weighted by Crippen LogP contribution is -2.10. The second kappa shape index (κ2) is 7.49. The number of nitrogens with one attached hydrogen (secondary N) is 1. The molecule has 2 N–H and O–H groups in total. The summed E-state index contributed by atoms with van der Waals surface area (Å²) in [5.41, 5.74) is 3.88. The Morgan fingerprint density at radius 1 is 1.03 bits per heavy atom. The van der Waals surface area contributed by atoms with Gasteiger partial charge in [-0.2, -0.15) is 5.26 Å². The second-order valence-electron chi connectivity index (χ2n) is 7.05. The minimum Gasteiger partial charge on any atom is -0.465 e. The highest BCUT2D eigenvalue weighted by Crippen LogP contribution is 2.38. The molecule has 0 saturated heterocycles. The molecule has 0 aliphatic carbocycles. The maximum absolute atomic E-state index is 14.4. The molecule has 3 aromatic carbocycles. The van der Waals surface area contributed by atoms with E-state index in [1.807, 2.05) is 53.1 Å². The highest BCUT2D eigenvalue weighted by molar-refractivity contribution is 6.15. The van der Waals surface area contributed by atoms with Gasteiger partial charge >= 0.3 is 6.09 Å². The van der Waals surface area contributed by atoms with Crippen molar-refractivity contribution in [1.29, 1.82) is 5.26 Å². The number of benzene rings is 3. The first kappa shape index (κ1) is 19.2. The number of para-hydroxylation sites is 1. The monoisotopic (exact) mass is 423 g/mol. The molecular formula is C24H14FN5O2. The number of halogens is 1. The highest BCUT2D eigenvalue weighted by Gasteiger charge is 2.17. The highest BCUT2D eigenvalue weighted by atomic mass is 19.1. The Morgan fingerprint density at radius 3 is 2.50 bits per heavy atom. The molecule has 5 rings (SSSR count). The average Bonchev–Trinajstić information content (AvgIpc) is 3.14. The Hall–Kier alpha value is -4.77. The summed E-state index contributed by atoms with van der Waals surface area (Å²) in [5, 5.41) is 21.9. The number of carbonyl (C=O) groups is 1. The van der Waals surface area contributed by atoms with Gasteiger partial charge in [-0.1, -0.05) is 30.3 Å². The van der Waals surface area contributed by atoms with Gasteiger partial charge in [-0.25, -0.2) is 19.2 Å². The average molecular weight is 423 g/mol. The van der Waals surface area contributed by atoms with E-state index in [2.05, 4.69) is 15.3 Å². The van der Waals surface area contributed by atoms with E-state index >= 15 is 0 Å². The predicted molar refractivity (Wildman–Crippen MR) is 118 cm³/mol. The lowest BCUT2D eigenvalue weighted by Gasteiger charge is -2.09. The maximum Gasteiger partial charge on any atom is 0.411 e. The number of carboxylic acid groups (broad SMARTS) is 1. The predicted octanol–water partition coefficient (Wildman–Crippen LogP) is 5.34. The number of nitrogens with zero attached hydrogens (tertiary/aromatic N) is 4. The SMILES string of the molecule is N#Cc1ccc(-n2c3ccccc3c3c(-c4cnc(NC(=O)O)nc4)cccc32)cc1F. The zero-order valence-corrected chi connectivity index (χ0v) is 16.5. The van der Waals surface area contributed by atoms with Crippen LogP contribution in [0.1, 0.15) is 5.56 Å². The zero-order chi connectivity index (χ0) is 22.2. The van der Waals surface area contributed by atoms with Crippen molar-refractivity contribution in [3.63, 3.8) is 0 Å². The molecule has 8 heteroatoms. The molecular weight excluding hydrogens is 409 g/mol. The minimum absolute atomic E-state index is 0.0103. The van der Waals surface area contributed by atoms with E-state index in [9.17, 15) is 9.18 Å². The van der Waals surface area contributed by atoms with Crippen LogP contribution >= 0.6 is 0 Å². The van der Waals surface area contributed by atoms with Gasteiger partial charge in [0.15, 0.2) is 0 Å². The van der Waals surface area contributed by atoms with Gasteiger partial charge in [0, 0.05) is 34.4 Å². The Kier molecular flexibility index (Phi) is 4.49. The Morgan fingerprint density at radius 2 is 1.78 bits per heavy atom. The fraction of sp³-hybridized carbons (Fsp3) is 0. The molecule has 0 aliphatic heterocycles. The smallest absolute Gasteiger partial charge is 0.411 e. The Balaban J connectivity index is 1.77. The van der Waals surface area contributed by atoms with Crippen LogP contribution in [0.5, 0.6) is 0 Å². The van der Waals surface area contributed by atoms with Crippen LogP contribution in [0.2, 0.25) is 0 Å². The van der Waals surface area contributed by atoms with Gasteiger partial charge < -0.3 is 9.67 Å². The zero-order valence-electron chi connectivity index (χ0n) is 16.5. The molecule has 0 aliphatic rings. The van der Waals surface area contributed by atoms with E-state index in [-0.39, 0.29) is 11.5 Å². The largest absolute Gasteiger partial charge is 0.465 e. The molecule has 0 radical (unpaired) electrons. The standard InChI is InChI=1S/C24H14FN5O2/c25-19-10-16(9-8-14(19)11-26)30-20-6-2-1-4-18(20)22-17(5-3-7-21(22)30)15-12-27-23(28-13-15)29-24(31)32/h1-10,12-13H,(H,31,32)(H,27,28,29). The fourth-order valence-corrected chi connectivity index (χ4v) is 3.90. The van der Waals surface area contributed by atoms with E-state index in [4.69, 9.17) is 10.4 Å². The van der Waals surface area contributed by atoms with E-state index in [1.54, 1.807) is 18.5 Å². The molecule has 5 aromatic rings. The maximum atomic E-state index is 14.4.